The average Bonchev–Trinajstić information content (AvgIpc) is 3.41. The van der Waals surface area contributed by atoms with Crippen molar-refractivity contribution in [3.05, 3.63) is 48.5 Å². The smallest absolute Gasteiger partial charge is 0.199 e. The third kappa shape index (κ3) is 3.34. The number of aryl methyl sites for hydroxylation is 1. The fourth-order valence-electron chi connectivity index (χ4n) is 2.53. The highest BCUT2D eigenvalue weighted by Crippen LogP contribution is 2.20. The van der Waals surface area contributed by atoms with Gasteiger partial charge in [-0.2, -0.15) is 5.10 Å². The van der Waals surface area contributed by atoms with E-state index in [2.05, 4.69) is 35.6 Å². The van der Waals surface area contributed by atoms with Crippen molar-refractivity contribution in [3.8, 4) is 23.0 Å². The number of nitrogens with zero attached hydrogens (tertiary/aromatic N) is 8. The third-order valence-corrected chi connectivity index (χ3v) is 3.78. The quantitative estimate of drug-likeness (QED) is 0.543. The molecule has 0 unspecified atom stereocenters. The van der Waals surface area contributed by atoms with Gasteiger partial charge in [0, 0.05) is 25.1 Å². The predicted octanol–water partition coefficient (Wildman–Crippen LogP) is 1.73. The molecule has 0 aliphatic rings. The number of aromatic nitrogens is 9. The SMILES string of the molecule is FCCCn1cc(-c2nc(-c3ccn[nH]3)nn2Cc2ccncc2)nn1. The molecule has 0 spiro atoms. The zero-order valence-corrected chi connectivity index (χ0v) is 13.8. The van der Waals surface area contributed by atoms with Crippen molar-refractivity contribution in [2.24, 2.45) is 0 Å². The Morgan fingerprint density at radius 3 is 2.77 bits per heavy atom. The second-order valence-corrected chi connectivity index (χ2v) is 5.65. The third-order valence-electron chi connectivity index (χ3n) is 3.78. The van der Waals surface area contributed by atoms with Gasteiger partial charge in [-0.1, -0.05) is 5.21 Å². The fraction of sp³-hybridized carbons (Fsp3) is 0.250. The van der Waals surface area contributed by atoms with Crippen LogP contribution in [-0.4, -0.2) is 51.6 Å². The molecule has 26 heavy (non-hydrogen) atoms. The minimum Gasteiger partial charge on any atom is -0.275 e. The van der Waals surface area contributed by atoms with Gasteiger partial charge < -0.3 is 0 Å². The maximum absolute atomic E-state index is 12.4. The summed E-state index contributed by atoms with van der Waals surface area (Å²) in [5, 5.41) is 19.6. The summed E-state index contributed by atoms with van der Waals surface area (Å²) in [5.41, 5.74) is 2.33. The first-order chi connectivity index (χ1) is 12.8. The van der Waals surface area contributed by atoms with Gasteiger partial charge in [-0.05, 0) is 30.2 Å². The van der Waals surface area contributed by atoms with Crippen molar-refractivity contribution >= 4 is 0 Å². The first kappa shape index (κ1) is 16.1. The molecule has 0 atom stereocenters. The molecule has 0 aromatic carbocycles. The van der Waals surface area contributed by atoms with E-state index in [9.17, 15) is 4.39 Å². The van der Waals surface area contributed by atoms with Crippen molar-refractivity contribution in [2.75, 3.05) is 6.67 Å². The highest BCUT2D eigenvalue weighted by atomic mass is 19.1. The molecule has 132 valence electrons. The summed E-state index contributed by atoms with van der Waals surface area (Å²) in [4.78, 5) is 8.62. The van der Waals surface area contributed by atoms with E-state index < -0.39 is 6.67 Å². The molecule has 0 amide bonds. The number of hydrogen-bond acceptors (Lipinski definition) is 6. The van der Waals surface area contributed by atoms with Crippen LogP contribution in [0.3, 0.4) is 0 Å². The standard InChI is InChI=1S/C16H16FN9/c17-5-1-9-25-11-14(22-24-25)16-20-15(13-4-8-19-21-13)23-26(16)10-12-2-6-18-7-3-12/h2-4,6-8,11H,1,5,9-10H2,(H,19,21). The topological polar surface area (TPSA) is 103 Å². The highest BCUT2D eigenvalue weighted by Gasteiger charge is 2.17. The molecule has 0 aliphatic carbocycles. The van der Waals surface area contributed by atoms with Crippen LogP contribution < -0.4 is 0 Å². The number of rotatable bonds is 7. The van der Waals surface area contributed by atoms with Crippen LogP contribution in [0.1, 0.15) is 12.0 Å². The summed E-state index contributed by atoms with van der Waals surface area (Å²) >= 11 is 0. The van der Waals surface area contributed by atoms with Crippen LogP contribution in [0.25, 0.3) is 23.0 Å². The van der Waals surface area contributed by atoms with E-state index >= 15 is 0 Å². The van der Waals surface area contributed by atoms with E-state index in [1.165, 1.54) is 0 Å². The predicted molar refractivity (Wildman–Crippen MR) is 90.6 cm³/mol. The van der Waals surface area contributed by atoms with Crippen LogP contribution in [0, 0.1) is 0 Å². The Morgan fingerprint density at radius 1 is 1.12 bits per heavy atom. The van der Waals surface area contributed by atoms with Crippen LogP contribution in [-0.2, 0) is 13.1 Å². The molecule has 4 heterocycles. The van der Waals surface area contributed by atoms with Crippen LogP contribution in [0.4, 0.5) is 4.39 Å². The minimum atomic E-state index is -0.391. The van der Waals surface area contributed by atoms with E-state index in [1.807, 2.05) is 12.1 Å². The average molecular weight is 353 g/mol. The lowest BCUT2D eigenvalue weighted by atomic mass is 10.3. The summed E-state index contributed by atoms with van der Waals surface area (Å²) in [6.45, 7) is 0.586. The zero-order valence-electron chi connectivity index (χ0n) is 13.8. The summed E-state index contributed by atoms with van der Waals surface area (Å²) in [6.07, 6.45) is 7.25. The second-order valence-electron chi connectivity index (χ2n) is 5.65. The van der Waals surface area contributed by atoms with Crippen molar-refractivity contribution in [1.82, 2.24) is 44.9 Å². The molecule has 0 saturated heterocycles. The number of pyridine rings is 1. The van der Waals surface area contributed by atoms with Gasteiger partial charge in [0.1, 0.15) is 11.4 Å². The van der Waals surface area contributed by atoms with Crippen LogP contribution in [0.5, 0.6) is 0 Å². The van der Waals surface area contributed by atoms with Gasteiger partial charge in [0.25, 0.3) is 0 Å². The van der Waals surface area contributed by atoms with Crippen molar-refractivity contribution in [3.63, 3.8) is 0 Å². The zero-order chi connectivity index (χ0) is 17.8. The van der Waals surface area contributed by atoms with Crippen molar-refractivity contribution in [1.29, 1.82) is 0 Å². The summed E-state index contributed by atoms with van der Waals surface area (Å²) in [6, 6.07) is 5.63. The Hall–Kier alpha value is -3.43. The highest BCUT2D eigenvalue weighted by molar-refractivity contribution is 5.55. The molecule has 0 aliphatic heterocycles. The van der Waals surface area contributed by atoms with E-state index in [0.717, 1.165) is 5.56 Å². The van der Waals surface area contributed by atoms with Crippen LogP contribution >= 0.6 is 0 Å². The maximum atomic E-state index is 12.4. The molecule has 4 aromatic heterocycles. The van der Waals surface area contributed by atoms with Crippen molar-refractivity contribution < 1.29 is 4.39 Å². The van der Waals surface area contributed by atoms with Gasteiger partial charge in [0.2, 0.25) is 0 Å². The molecule has 0 bridgehead atoms. The molecule has 9 nitrogen and oxygen atoms in total. The van der Waals surface area contributed by atoms with Gasteiger partial charge in [-0.15, -0.1) is 10.2 Å². The Morgan fingerprint density at radius 2 is 2.00 bits per heavy atom. The molecule has 4 aromatic rings. The van der Waals surface area contributed by atoms with Crippen LogP contribution in [0.2, 0.25) is 0 Å². The lowest BCUT2D eigenvalue weighted by Crippen LogP contribution is -2.04. The van der Waals surface area contributed by atoms with E-state index in [4.69, 9.17) is 0 Å². The number of hydrogen-bond donors (Lipinski definition) is 1. The number of nitrogens with one attached hydrogen (secondary N) is 1. The fourth-order valence-corrected chi connectivity index (χ4v) is 2.53. The largest absolute Gasteiger partial charge is 0.275 e. The molecule has 1 N–H and O–H groups in total. The Balaban J connectivity index is 1.70. The molecule has 0 radical (unpaired) electrons. The summed E-state index contributed by atoms with van der Waals surface area (Å²) < 4.78 is 15.7. The van der Waals surface area contributed by atoms with E-state index in [-0.39, 0.29) is 0 Å². The van der Waals surface area contributed by atoms with Gasteiger partial charge in [0.05, 0.1) is 19.4 Å². The molecule has 10 heteroatoms. The lowest BCUT2D eigenvalue weighted by molar-refractivity contribution is 0.431. The summed E-state index contributed by atoms with van der Waals surface area (Å²) in [5.74, 6) is 1.10. The Bertz CT molecular complexity index is 959. The first-order valence-electron chi connectivity index (χ1n) is 8.13. The number of aromatic amines is 1. The van der Waals surface area contributed by atoms with E-state index in [1.54, 1.807) is 40.2 Å². The Labute approximate surface area is 147 Å². The van der Waals surface area contributed by atoms with Gasteiger partial charge in [-0.25, -0.2) is 9.67 Å². The summed E-state index contributed by atoms with van der Waals surface area (Å²) in [7, 11) is 0. The number of halogens is 1. The van der Waals surface area contributed by atoms with Crippen LogP contribution in [0.15, 0.2) is 43.0 Å². The lowest BCUT2D eigenvalue weighted by Gasteiger charge is -2.03. The number of H-pyrrole nitrogens is 1. The van der Waals surface area contributed by atoms with Gasteiger partial charge in [-0.3, -0.25) is 19.2 Å². The molecular formula is C16H16FN9. The molecule has 4 rings (SSSR count). The van der Waals surface area contributed by atoms with Gasteiger partial charge >= 0.3 is 0 Å². The Kier molecular flexibility index (Phi) is 4.46. The normalized spacial score (nSPS) is 11.1. The first-order valence-corrected chi connectivity index (χ1v) is 8.13. The number of alkyl halides is 1. The van der Waals surface area contributed by atoms with Gasteiger partial charge in [0.15, 0.2) is 11.6 Å². The molecule has 0 fully saturated rings. The molecule has 0 saturated carbocycles. The molecular weight excluding hydrogens is 337 g/mol. The minimum absolute atomic E-state index is 0.391. The maximum Gasteiger partial charge on any atom is 0.199 e. The monoisotopic (exact) mass is 353 g/mol. The van der Waals surface area contributed by atoms with Crippen molar-refractivity contribution in [2.45, 2.75) is 19.5 Å². The second kappa shape index (κ2) is 7.21. The van der Waals surface area contributed by atoms with E-state index in [0.29, 0.717) is 42.5 Å².